The van der Waals surface area contributed by atoms with E-state index in [4.69, 9.17) is 11.6 Å². The maximum absolute atomic E-state index is 15.0. The summed E-state index contributed by atoms with van der Waals surface area (Å²) < 4.78 is 69.8. The second kappa shape index (κ2) is 10.6. The number of aryl methyl sites for hydroxylation is 1. The van der Waals surface area contributed by atoms with Gasteiger partial charge in [0.15, 0.2) is 0 Å². The van der Waals surface area contributed by atoms with E-state index in [1.165, 1.54) is 11.8 Å². The fourth-order valence-electron chi connectivity index (χ4n) is 6.27. The average molecular weight is 557 g/mol. The lowest BCUT2D eigenvalue weighted by atomic mass is 9.96. The number of halogens is 6. The van der Waals surface area contributed by atoms with Gasteiger partial charge < -0.3 is 14.7 Å². The van der Waals surface area contributed by atoms with Crippen LogP contribution in [0.25, 0.3) is 0 Å². The molecule has 3 heterocycles. The Morgan fingerprint density at radius 1 is 1.11 bits per heavy atom. The minimum absolute atomic E-state index is 0.0949. The number of carbonyl (C=O) groups excluding carboxylic acids is 1. The van der Waals surface area contributed by atoms with Crippen LogP contribution in [0.5, 0.6) is 0 Å². The van der Waals surface area contributed by atoms with Crippen molar-refractivity contribution in [3.8, 4) is 0 Å². The number of fused-ring (bicyclic) bond motifs is 2. The molecule has 1 aliphatic carbocycles. The van der Waals surface area contributed by atoms with Crippen LogP contribution < -0.4 is 9.80 Å². The highest BCUT2D eigenvalue weighted by atomic mass is 35.5. The minimum atomic E-state index is -4.56. The zero-order valence-electron chi connectivity index (χ0n) is 21.1. The number of hydrogen-bond donors (Lipinski definition) is 0. The van der Waals surface area contributed by atoms with E-state index in [9.17, 15) is 22.4 Å². The molecule has 3 atom stereocenters. The van der Waals surface area contributed by atoms with Crippen molar-refractivity contribution < 1.29 is 26.7 Å². The zero-order chi connectivity index (χ0) is 27.2. The van der Waals surface area contributed by atoms with E-state index in [2.05, 4.69) is 9.88 Å². The lowest BCUT2D eigenvalue weighted by Crippen LogP contribution is -2.53. The predicted octanol–water partition coefficient (Wildman–Crippen LogP) is 6.22. The Hall–Kier alpha value is -2.46. The number of likely N-dealkylation sites (tertiary alicyclic amines) is 1. The van der Waals surface area contributed by atoms with Crippen molar-refractivity contribution in [1.29, 1.82) is 0 Å². The Balaban J connectivity index is 1.49. The Morgan fingerprint density at radius 2 is 1.84 bits per heavy atom. The van der Waals surface area contributed by atoms with Crippen molar-refractivity contribution in [2.75, 3.05) is 36.0 Å². The van der Waals surface area contributed by atoms with Gasteiger partial charge in [0.05, 0.1) is 16.3 Å². The summed E-state index contributed by atoms with van der Waals surface area (Å²) in [5, 5.41) is -0.307. The van der Waals surface area contributed by atoms with E-state index >= 15 is 4.39 Å². The number of nitrogens with zero attached hydrogens (tertiary/aromatic N) is 4. The summed E-state index contributed by atoms with van der Waals surface area (Å²) in [6.45, 7) is 4.31. The normalized spacial score (nSPS) is 23.4. The molecule has 38 heavy (non-hydrogen) atoms. The van der Waals surface area contributed by atoms with Crippen molar-refractivity contribution >= 4 is 29.0 Å². The second-order valence-electron chi connectivity index (χ2n) is 10.5. The number of anilines is 2. The monoisotopic (exact) mass is 556 g/mol. The third-order valence-corrected chi connectivity index (χ3v) is 8.26. The molecule has 1 saturated carbocycles. The molecule has 5 rings (SSSR count). The SMILES string of the molecule is Cc1cc(C(F)(F)F)cc(N2[C@@H]3CC[C@@H](C3)[C@H]2C(=O)N(CCCN2CCCC2)c2cc(Cl)c(F)cc2F)n1. The van der Waals surface area contributed by atoms with Gasteiger partial charge in [-0.2, -0.15) is 13.2 Å². The van der Waals surface area contributed by atoms with Crippen molar-refractivity contribution in [3.63, 3.8) is 0 Å². The summed E-state index contributed by atoms with van der Waals surface area (Å²) in [5.74, 6) is -2.29. The molecule has 11 heteroatoms. The molecule has 2 aliphatic heterocycles. The highest BCUT2D eigenvalue weighted by Crippen LogP contribution is 2.46. The van der Waals surface area contributed by atoms with Gasteiger partial charge in [0.1, 0.15) is 23.5 Å². The first-order valence-electron chi connectivity index (χ1n) is 13.1. The van der Waals surface area contributed by atoms with E-state index in [0.717, 1.165) is 63.5 Å². The van der Waals surface area contributed by atoms with Crippen LogP contribution in [0.2, 0.25) is 5.02 Å². The van der Waals surface area contributed by atoms with Crippen LogP contribution in [0, 0.1) is 24.5 Å². The van der Waals surface area contributed by atoms with Crippen molar-refractivity contribution in [1.82, 2.24) is 9.88 Å². The zero-order valence-corrected chi connectivity index (χ0v) is 21.8. The van der Waals surface area contributed by atoms with Crippen LogP contribution in [-0.2, 0) is 11.0 Å². The van der Waals surface area contributed by atoms with Gasteiger partial charge in [0.2, 0.25) is 5.91 Å². The summed E-state index contributed by atoms with van der Waals surface area (Å²) in [7, 11) is 0. The van der Waals surface area contributed by atoms with Crippen LogP contribution in [0.15, 0.2) is 24.3 Å². The smallest absolute Gasteiger partial charge is 0.341 e. The molecule has 0 spiro atoms. The highest BCUT2D eigenvalue weighted by molar-refractivity contribution is 6.31. The third-order valence-electron chi connectivity index (χ3n) is 7.97. The molecule has 3 aliphatic rings. The number of piperidine rings is 1. The molecule has 0 N–H and O–H groups in total. The van der Waals surface area contributed by atoms with Gasteiger partial charge >= 0.3 is 6.18 Å². The van der Waals surface area contributed by atoms with Gasteiger partial charge in [-0.25, -0.2) is 13.8 Å². The van der Waals surface area contributed by atoms with E-state index in [1.807, 2.05) is 0 Å². The lowest BCUT2D eigenvalue weighted by Gasteiger charge is -2.38. The summed E-state index contributed by atoms with van der Waals surface area (Å²) in [6.07, 6.45) is 0.323. The standard InChI is InChI=1S/C27H30ClF5N4O/c1-16-11-18(27(31,32)33)13-24(34-16)37-19-6-5-17(12-19)25(37)26(38)36(10-4-9-35-7-2-3-8-35)23-14-20(28)21(29)15-22(23)30/h11,13-15,17,19,25H,2-10,12H2,1H3/t17-,19+,25-/m0/s1. The van der Waals surface area contributed by atoms with Crippen LogP contribution >= 0.6 is 11.6 Å². The van der Waals surface area contributed by atoms with Gasteiger partial charge in [-0.3, -0.25) is 4.79 Å². The van der Waals surface area contributed by atoms with Gasteiger partial charge in [0, 0.05) is 24.3 Å². The summed E-state index contributed by atoms with van der Waals surface area (Å²) in [4.78, 5) is 23.8. The Bertz CT molecular complexity index is 1200. The summed E-state index contributed by atoms with van der Waals surface area (Å²) >= 11 is 5.98. The van der Waals surface area contributed by atoms with Crippen molar-refractivity contribution in [3.05, 3.63) is 52.2 Å². The van der Waals surface area contributed by atoms with Crippen molar-refractivity contribution in [2.24, 2.45) is 5.92 Å². The number of amides is 1. The van der Waals surface area contributed by atoms with Gasteiger partial charge in [-0.05, 0) is 89.2 Å². The second-order valence-corrected chi connectivity index (χ2v) is 10.9. The molecule has 206 valence electrons. The quantitative estimate of drug-likeness (QED) is 0.300. The van der Waals surface area contributed by atoms with Gasteiger partial charge in [0.25, 0.3) is 0 Å². The molecule has 0 unspecified atom stereocenters. The topological polar surface area (TPSA) is 39.7 Å². The number of rotatable bonds is 7. The largest absolute Gasteiger partial charge is 0.416 e. The maximum Gasteiger partial charge on any atom is 0.416 e. The maximum atomic E-state index is 15.0. The molecule has 1 amide bonds. The number of carbonyl (C=O) groups is 1. The Kier molecular flexibility index (Phi) is 7.57. The lowest BCUT2D eigenvalue weighted by molar-refractivity contribution is -0.137. The first kappa shape index (κ1) is 27.1. The molecule has 0 radical (unpaired) electrons. The summed E-state index contributed by atoms with van der Waals surface area (Å²) in [5.41, 5.74) is -0.755. The minimum Gasteiger partial charge on any atom is -0.341 e. The number of hydrogen-bond acceptors (Lipinski definition) is 4. The molecule has 5 nitrogen and oxygen atoms in total. The predicted molar refractivity (Wildman–Crippen MR) is 135 cm³/mol. The first-order chi connectivity index (χ1) is 18.0. The van der Waals surface area contributed by atoms with E-state index < -0.39 is 35.3 Å². The van der Waals surface area contributed by atoms with Gasteiger partial charge in [-0.1, -0.05) is 11.6 Å². The first-order valence-corrected chi connectivity index (χ1v) is 13.4. The van der Waals surface area contributed by atoms with E-state index in [0.29, 0.717) is 18.9 Å². The van der Waals surface area contributed by atoms with Crippen LogP contribution in [0.4, 0.5) is 33.5 Å². The number of aromatic nitrogens is 1. The van der Waals surface area contributed by atoms with Gasteiger partial charge in [-0.15, -0.1) is 0 Å². The fourth-order valence-corrected chi connectivity index (χ4v) is 6.43. The highest BCUT2D eigenvalue weighted by Gasteiger charge is 2.51. The number of alkyl halides is 3. The van der Waals surface area contributed by atoms with Crippen LogP contribution in [-0.4, -0.2) is 54.1 Å². The number of pyridine rings is 1. The van der Waals surface area contributed by atoms with E-state index in [1.54, 1.807) is 4.90 Å². The molecule has 2 bridgehead atoms. The molecule has 2 saturated heterocycles. The Labute approximate surface area is 223 Å². The summed E-state index contributed by atoms with van der Waals surface area (Å²) in [6, 6.07) is 2.80. The van der Waals surface area contributed by atoms with E-state index in [-0.39, 0.29) is 40.7 Å². The molecule has 3 fully saturated rings. The molecule has 1 aromatic carbocycles. The van der Waals surface area contributed by atoms with Crippen LogP contribution in [0.3, 0.4) is 0 Å². The fraction of sp³-hybridized carbons (Fsp3) is 0.556. The number of benzene rings is 1. The molecular weight excluding hydrogens is 527 g/mol. The molecule has 2 aromatic rings. The Morgan fingerprint density at radius 3 is 2.55 bits per heavy atom. The molecule has 1 aromatic heterocycles. The van der Waals surface area contributed by atoms with Crippen LogP contribution in [0.1, 0.15) is 49.8 Å². The third kappa shape index (κ3) is 5.34. The molecular formula is C27H30ClF5N4O. The average Bonchev–Trinajstić information content (AvgIpc) is 3.61. The van der Waals surface area contributed by atoms with Crippen molar-refractivity contribution in [2.45, 2.75) is 63.7 Å².